The first-order valence-electron chi connectivity index (χ1n) is 6.52. The number of hydrogen-bond donors (Lipinski definition) is 1. The lowest BCUT2D eigenvalue weighted by Crippen LogP contribution is -2.57. The van der Waals surface area contributed by atoms with E-state index >= 15 is 0 Å². The van der Waals surface area contributed by atoms with Crippen molar-refractivity contribution in [1.29, 1.82) is 0 Å². The monoisotopic (exact) mass is 302 g/mol. The smallest absolute Gasteiger partial charge is 0.295 e. The summed E-state index contributed by atoms with van der Waals surface area (Å²) in [5.74, 6) is -2.41. The number of methoxy groups -OCH3 is 1. The minimum Gasteiger partial charge on any atom is -0.377 e. The van der Waals surface area contributed by atoms with E-state index in [9.17, 15) is 18.9 Å². The number of anilines is 1. The van der Waals surface area contributed by atoms with E-state index in [1.807, 2.05) is 6.92 Å². The Bertz CT molecular complexity index is 541. The van der Waals surface area contributed by atoms with E-state index in [1.54, 1.807) is 0 Å². The fraction of sp³-hybridized carbons (Fsp3) is 0.538. The van der Waals surface area contributed by atoms with Crippen molar-refractivity contribution in [2.75, 3.05) is 19.0 Å². The van der Waals surface area contributed by atoms with E-state index in [4.69, 9.17) is 9.47 Å². The number of benzene rings is 1. The molecule has 3 atom stereocenters. The zero-order chi connectivity index (χ0) is 15.6. The van der Waals surface area contributed by atoms with Gasteiger partial charge >= 0.3 is 0 Å². The highest BCUT2D eigenvalue weighted by molar-refractivity contribution is 5.63. The fourth-order valence-corrected chi connectivity index (χ4v) is 2.43. The van der Waals surface area contributed by atoms with Crippen molar-refractivity contribution in [2.45, 2.75) is 31.6 Å². The number of halogens is 2. The molecule has 3 unspecified atom stereocenters. The van der Waals surface area contributed by atoms with Crippen LogP contribution in [0, 0.1) is 21.7 Å². The van der Waals surface area contributed by atoms with Gasteiger partial charge in [0, 0.05) is 19.8 Å². The van der Waals surface area contributed by atoms with Crippen LogP contribution in [0.1, 0.15) is 13.3 Å². The first kappa shape index (κ1) is 15.6. The number of hydrogen-bond acceptors (Lipinski definition) is 5. The Hall–Kier alpha value is -1.80. The third kappa shape index (κ3) is 2.96. The van der Waals surface area contributed by atoms with E-state index in [0.717, 1.165) is 12.1 Å². The van der Waals surface area contributed by atoms with Crippen LogP contribution in [0.25, 0.3) is 0 Å². The highest BCUT2D eigenvalue weighted by atomic mass is 19.2. The molecule has 1 N–H and O–H groups in total. The number of nitrogens with one attached hydrogen (secondary N) is 1. The van der Waals surface area contributed by atoms with Crippen LogP contribution in [0.4, 0.5) is 20.2 Å². The minimum atomic E-state index is -1.26. The molecule has 0 bridgehead atoms. The molecule has 1 aromatic rings. The second-order valence-electron chi connectivity index (χ2n) is 4.69. The molecule has 1 aromatic carbocycles. The molecule has 0 heterocycles. The predicted molar refractivity (Wildman–Crippen MR) is 71.3 cm³/mol. The zero-order valence-corrected chi connectivity index (χ0v) is 11.6. The number of rotatable bonds is 6. The molecule has 2 rings (SSSR count). The quantitative estimate of drug-likeness (QED) is 0.645. The summed E-state index contributed by atoms with van der Waals surface area (Å²) in [6.45, 7) is 2.34. The molecule has 21 heavy (non-hydrogen) atoms. The SMILES string of the molecule is CCOC1CC(Nc2c([N+](=O)[O-])ccc(F)c2F)C1OC. The maximum Gasteiger partial charge on any atom is 0.295 e. The van der Waals surface area contributed by atoms with E-state index in [-0.39, 0.29) is 18.2 Å². The second-order valence-corrected chi connectivity index (χ2v) is 4.69. The third-order valence-corrected chi connectivity index (χ3v) is 3.50. The molecule has 1 saturated carbocycles. The predicted octanol–water partition coefficient (Wildman–Crippen LogP) is 2.48. The molecule has 1 aliphatic rings. The lowest BCUT2D eigenvalue weighted by molar-refractivity contribution is -0.384. The van der Waals surface area contributed by atoms with Gasteiger partial charge in [0.05, 0.1) is 17.1 Å². The maximum atomic E-state index is 13.8. The van der Waals surface area contributed by atoms with Crippen molar-refractivity contribution < 1.29 is 23.2 Å². The Balaban J connectivity index is 2.20. The van der Waals surface area contributed by atoms with Gasteiger partial charge in [-0.15, -0.1) is 0 Å². The summed E-state index contributed by atoms with van der Waals surface area (Å²) < 4.78 is 37.7. The van der Waals surface area contributed by atoms with Crippen LogP contribution in [0.3, 0.4) is 0 Å². The Kier molecular flexibility index (Phi) is 4.69. The summed E-state index contributed by atoms with van der Waals surface area (Å²) in [6, 6.07) is 1.29. The largest absolute Gasteiger partial charge is 0.377 e. The summed E-state index contributed by atoms with van der Waals surface area (Å²) in [6.07, 6.45) is -0.0280. The molecule has 1 fully saturated rings. The molecule has 6 nitrogen and oxygen atoms in total. The lowest BCUT2D eigenvalue weighted by atomic mass is 9.85. The normalized spacial score (nSPS) is 24.5. The van der Waals surface area contributed by atoms with Gasteiger partial charge in [0.1, 0.15) is 6.10 Å². The van der Waals surface area contributed by atoms with Crippen molar-refractivity contribution >= 4 is 11.4 Å². The fourth-order valence-electron chi connectivity index (χ4n) is 2.43. The van der Waals surface area contributed by atoms with Gasteiger partial charge < -0.3 is 14.8 Å². The van der Waals surface area contributed by atoms with E-state index in [0.29, 0.717) is 13.0 Å². The zero-order valence-electron chi connectivity index (χ0n) is 11.6. The third-order valence-electron chi connectivity index (χ3n) is 3.50. The van der Waals surface area contributed by atoms with E-state index in [2.05, 4.69) is 5.32 Å². The van der Waals surface area contributed by atoms with Crippen molar-refractivity contribution in [1.82, 2.24) is 0 Å². The van der Waals surface area contributed by atoms with Gasteiger partial charge in [-0.05, 0) is 19.4 Å². The Morgan fingerprint density at radius 1 is 1.48 bits per heavy atom. The van der Waals surface area contributed by atoms with Gasteiger partial charge in [0.2, 0.25) is 0 Å². The van der Waals surface area contributed by atoms with Crippen LogP contribution in [-0.2, 0) is 9.47 Å². The number of nitro benzene ring substituents is 1. The number of ether oxygens (including phenoxy) is 2. The van der Waals surface area contributed by atoms with E-state index < -0.39 is 27.9 Å². The van der Waals surface area contributed by atoms with Gasteiger partial charge in [0.15, 0.2) is 17.3 Å². The van der Waals surface area contributed by atoms with Crippen LogP contribution in [0.15, 0.2) is 12.1 Å². The van der Waals surface area contributed by atoms with Crippen LogP contribution in [-0.4, -0.2) is 36.9 Å². The number of nitro groups is 1. The average molecular weight is 302 g/mol. The van der Waals surface area contributed by atoms with Crippen molar-refractivity contribution in [2.24, 2.45) is 0 Å². The summed E-state index contributed by atoms with van der Waals surface area (Å²) in [5, 5.41) is 13.6. The average Bonchev–Trinajstić information content (AvgIpc) is 2.42. The summed E-state index contributed by atoms with van der Waals surface area (Å²) in [4.78, 5) is 10.2. The van der Waals surface area contributed by atoms with Crippen LogP contribution >= 0.6 is 0 Å². The van der Waals surface area contributed by atoms with Crippen LogP contribution < -0.4 is 5.32 Å². The molecule has 0 saturated heterocycles. The topological polar surface area (TPSA) is 73.6 Å². The summed E-state index contributed by atoms with van der Waals surface area (Å²) in [5.41, 5.74) is -0.967. The van der Waals surface area contributed by atoms with E-state index in [1.165, 1.54) is 7.11 Å². The molecule has 8 heteroatoms. The molecule has 0 amide bonds. The van der Waals surface area contributed by atoms with Gasteiger partial charge in [-0.2, -0.15) is 0 Å². The van der Waals surface area contributed by atoms with Crippen molar-refractivity contribution in [3.8, 4) is 0 Å². The molecular formula is C13H16F2N2O4. The maximum absolute atomic E-state index is 13.8. The minimum absolute atomic E-state index is 0.159. The first-order valence-corrected chi connectivity index (χ1v) is 6.52. The lowest BCUT2D eigenvalue weighted by Gasteiger charge is -2.43. The van der Waals surface area contributed by atoms with Gasteiger partial charge in [-0.25, -0.2) is 8.78 Å². The molecular weight excluding hydrogens is 286 g/mol. The van der Waals surface area contributed by atoms with Crippen LogP contribution in [0.5, 0.6) is 0 Å². The molecule has 0 aromatic heterocycles. The molecule has 0 radical (unpaired) electrons. The molecule has 1 aliphatic carbocycles. The highest BCUT2D eigenvalue weighted by Gasteiger charge is 2.43. The Labute approximate surface area is 120 Å². The molecule has 116 valence electrons. The van der Waals surface area contributed by atoms with Gasteiger partial charge in [-0.1, -0.05) is 0 Å². The van der Waals surface area contributed by atoms with Gasteiger partial charge in [-0.3, -0.25) is 10.1 Å². The Morgan fingerprint density at radius 3 is 2.76 bits per heavy atom. The van der Waals surface area contributed by atoms with Crippen molar-refractivity contribution in [3.63, 3.8) is 0 Å². The van der Waals surface area contributed by atoms with Crippen molar-refractivity contribution in [3.05, 3.63) is 33.9 Å². The second kappa shape index (κ2) is 6.31. The molecule has 0 spiro atoms. The van der Waals surface area contributed by atoms with Crippen LogP contribution in [0.2, 0.25) is 0 Å². The standard InChI is InChI=1S/C13H16F2N2O4/c1-3-21-10-6-8(13(10)20-2)16-12-9(17(18)19)5-4-7(14)11(12)15/h4-5,8,10,13,16H,3,6H2,1-2H3. The number of nitrogens with zero attached hydrogens (tertiary/aromatic N) is 1. The first-order chi connectivity index (χ1) is 9.99. The molecule has 0 aliphatic heterocycles. The summed E-state index contributed by atoms with van der Waals surface area (Å²) in [7, 11) is 1.47. The summed E-state index contributed by atoms with van der Waals surface area (Å²) >= 11 is 0. The van der Waals surface area contributed by atoms with Gasteiger partial charge in [0.25, 0.3) is 5.69 Å². The highest BCUT2D eigenvalue weighted by Crippen LogP contribution is 2.35. The Morgan fingerprint density at radius 2 is 2.19 bits per heavy atom.